The van der Waals surface area contributed by atoms with Gasteiger partial charge < -0.3 is 14.6 Å². The van der Waals surface area contributed by atoms with E-state index < -0.39 is 0 Å². The van der Waals surface area contributed by atoms with Gasteiger partial charge >= 0.3 is 0 Å². The van der Waals surface area contributed by atoms with Gasteiger partial charge in [-0.1, -0.05) is 12.1 Å². The lowest BCUT2D eigenvalue weighted by Gasteiger charge is -2.31. The summed E-state index contributed by atoms with van der Waals surface area (Å²) in [6, 6.07) is 0.823. The molecule has 3 atom stereocenters. The molecule has 1 aromatic rings. The standard InChI is InChI=1S/C14H24N2O2/c1-5-13-8-12(6-7-17-13)15-9(2)14-10(3)16-18-11(14)4/h9,12-13,15H,5-8H2,1-4H3. The molecule has 0 radical (unpaired) electrons. The average Bonchev–Trinajstić information content (AvgIpc) is 2.69. The van der Waals surface area contributed by atoms with Crippen LogP contribution in [0.15, 0.2) is 4.52 Å². The number of rotatable bonds is 4. The quantitative estimate of drug-likeness (QED) is 0.895. The van der Waals surface area contributed by atoms with Crippen LogP contribution in [0.3, 0.4) is 0 Å². The number of hydrogen-bond acceptors (Lipinski definition) is 4. The van der Waals surface area contributed by atoms with Crippen molar-refractivity contribution in [3.8, 4) is 0 Å². The maximum Gasteiger partial charge on any atom is 0.138 e. The van der Waals surface area contributed by atoms with E-state index in [0.717, 1.165) is 37.3 Å². The molecule has 4 nitrogen and oxygen atoms in total. The molecule has 0 amide bonds. The van der Waals surface area contributed by atoms with Crippen LogP contribution >= 0.6 is 0 Å². The largest absolute Gasteiger partial charge is 0.378 e. The molecular weight excluding hydrogens is 228 g/mol. The highest BCUT2D eigenvalue weighted by molar-refractivity contribution is 5.24. The molecule has 2 rings (SSSR count). The summed E-state index contributed by atoms with van der Waals surface area (Å²) in [4.78, 5) is 0. The molecule has 1 aromatic heterocycles. The molecule has 102 valence electrons. The third-order valence-electron chi connectivity index (χ3n) is 3.83. The highest BCUT2D eigenvalue weighted by Gasteiger charge is 2.24. The fourth-order valence-corrected chi connectivity index (χ4v) is 2.86. The Bertz CT molecular complexity index is 370. The van der Waals surface area contributed by atoms with Gasteiger partial charge in [-0.15, -0.1) is 0 Å². The third kappa shape index (κ3) is 2.93. The Morgan fingerprint density at radius 1 is 1.44 bits per heavy atom. The van der Waals surface area contributed by atoms with Crippen LogP contribution in [0.25, 0.3) is 0 Å². The second-order valence-electron chi connectivity index (χ2n) is 5.25. The van der Waals surface area contributed by atoms with Gasteiger partial charge in [0.05, 0.1) is 11.8 Å². The van der Waals surface area contributed by atoms with Crippen molar-refractivity contribution in [3.05, 3.63) is 17.0 Å². The van der Waals surface area contributed by atoms with Crippen LogP contribution in [-0.2, 0) is 4.74 Å². The molecule has 0 bridgehead atoms. The fourth-order valence-electron chi connectivity index (χ4n) is 2.86. The molecule has 2 heterocycles. The smallest absolute Gasteiger partial charge is 0.138 e. The van der Waals surface area contributed by atoms with Gasteiger partial charge in [0.25, 0.3) is 0 Å². The van der Waals surface area contributed by atoms with Crippen molar-refractivity contribution in [2.24, 2.45) is 0 Å². The number of nitrogens with zero attached hydrogens (tertiary/aromatic N) is 1. The van der Waals surface area contributed by atoms with Crippen molar-refractivity contribution in [1.82, 2.24) is 10.5 Å². The molecule has 0 aromatic carbocycles. The van der Waals surface area contributed by atoms with Crippen LogP contribution in [0.2, 0.25) is 0 Å². The third-order valence-corrected chi connectivity index (χ3v) is 3.83. The van der Waals surface area contributed by atoms with Crippen LogP contribution in [0.5, 0.6) is 0 Å². The molecule has 1 saturated heterocycles. The first-order valence-corrected chi connectivity index (χ1v) is 6.92. The Kier molecular flexibility index (Phi) is 4.40. The summed E-state index contributed by atoms with van der Waals surface area (Å²) in [5.41, 5.74) is 2.20. The Morgan fingerprint density at radius 3 is 2.83 bits per heavy atom. The molecule has 0 aliphatic carbocycles. The lowest BCUT2D eigenvalue weighted by atomic mass is 9.99. The molecular formula is C14H24N2O2. The molecule has 0 spiro atoms. The minimum absolute atomic E-state index is 0.289. The molecule has 4 heteroatoms. The summed E-state index contributed by atoms with van der Waals surface area (Å²) < 4.78 is 10.9. The molecule has 0 saturated carbocycles. The van der Waals surface area contributed by atoms with Crippen LogP contribution < -0.4 is 5.32 Å². The van der Waals surface area contributed by atoms with Crippen molar-refractivity contribution in [1.29, 1.82) is 0 Å². The van der Waals surface area contributed by atoms with E-state index in [-0.39, 0.29) is 6.04 Å². The minimum Gasteiger partial charge on any atom is -0.378 e. The number of hydrogen-bond donors (Lipinski definition) is 1. The van der Waals surface area contributed by atoms with E-state index in [1.54, 1.807) is 0 Å². The monoisotopic (exact) mass is 252 g/mol. The van der Waals surface area contributed by atoms with Gasteiger partial charge in [0.2, 0.25) is 0 Å². The number of ether oxygens (including phenoxy) is 1. The molecule has 18 heavy (non-hydrogen) atoms. The van der Waals surface area contributed by atoms with Crippen LogP contribution in [0, 0.1) is 13.8 Å². The first-order chi connectivity index (χ1) is 8.61. The number of nitrogens with one attached hydrogen (secondary N) is 1. The Balaban J connectivity index is 1.97. The fraction of sp³-hybridized carbons (Fsp3) is 0.786. The zero-order valence-corrected chi connectivity index (χ0v) is 11.8. The van der Waals surface area contributed by atoms with Crippen LogP contribution in [0.4, 0.5) is 0 Å². The Labute approximate surface area is 109 Å². The van der Waals surface area contributed by atoms with E-state index in [0.29, 0.717) is 12.1 Å². The Hall–Kier alpha value is -0.870. The van der Waals surface area contributed by atoms with E-state index in [9.17, 15) is 0 Å². The predicted octanol–water partition coefficient (Wildman–Crippen LogP) is 2.90. The van der Waals surface area contributed by atoms with Crippen molar-refractivity contribution in [3.63, 3.8) is 0 Å². The summed E-state index contributed by atoms with van der Waals surface area (Å²) in [5, 5.41) is 7.71. The van der Waals surface area contributed by atoms with Gasteiger partial charge in [0, 0.05) is 24.3 Å². The van der Waals surface area contributed by atoms with Crippen molar-refractivity contribution >= 4 is 0 Å². The topological polar surface area (TPSA) is 47.3 Å². The minimum atomic E-state index is 0.289. The average molecular weight is 252 g/mol. The molecule has 1 aliphatic heterocycles. The van der Waals surface area contributed by atoms with E-state index >= 15 is 0 Å². The molecule has 3 unspecified atom stereocenters. The summed E-state index contributed by atoms with van der Waals surface area (Å²) >= 11 is 0. The molecule has 1 fully saturated rings. The number of aromatic nitrogens is 1. The van der Waals surface area contributed by atoms with Crippen molar-refractivity contribution in [2.75, 3.05) is 6.61 Å². The van der Waals surface area contributed by atoms with E-state index in [4.69, 9.17) is 9.26 Å². The Morgan fingerprint density at radius 2 is 2.22 bits per heavy atom. The SMILES string of the molecule is CCC1CC(NC(C)c2c(C)noc2C)CCO1. The van der Waals surface area contributed by atoms with Crippen molar-refractivity contribution < 1.29 is 9.26 Å². The maximum atomic E-state index is 5.71. The molecule has 1 N–H and O–H groups in total. The van der Waals surface area contributed by atoms with Crippen molar-refractivity contribution in [2.45, 2.75) is 65.1 Å². The van der Waals surface area contributed by atoms with E-state index in [2.05, 4.69) is 24.3 Å². The highest BCUT2D eigenvalue weighted by atomic mass is 16.5. The highest BCUT2D eigenvalue weighted by Crippen LogP contribution is 2.24. The summed E-state index contributed by atoms with van der Waals surface area (Å²) in [6.45, 7) is 9.22. The zero-order chi connectivity index (χ0) is 13.1. The molecule has 1 aliphatic rings. The van der Waals surface area contributed by atoms with Crippen LogP contribution in [0.1, 0.15) is 56.2 Å². The normalized spacial score (nSPS) is 26.2. The van der Waals surface area contributed by atoms with Gasteiger partial charge in [-0.25, -0.2) is 0 Å². The van der Waals surface area contributed by atoms with Gasteiger partial charge in [-0.05, 0) is 40.0 Å². The summed E-state index contributed by atoms with van der Waals surface area (Å²) in [6.07, 6.45) is 3.69. The van der Waals surface area contributed by atoms with E-state index in [1.807, 2.05) is 13.8 Å². The zero-order valence-electron chi connectivity index (χ0n) is 11.8. The second-order valence-corrected chi connectivity index (χ2v) is 5.25. The number of aryl methyl sites for hydroxylation is 2. The predicted molar refractivity (Wildman–Crippen MR) is 70.6 cm³/mol. The summed E-state index contributed by atoms with van der Waals surface area (Å²) in [5.74, 6) is 0.923. The lowest BCUT2D eigenvalue weighted by Crippen LogP contribution is -2.40. The van der Waals surface area contributed by atoms with Gasteiger partial charge in [-0.2, -0.15) is 0 Å². The van der Waals surface area contributed by atoms with Gasteiger partial charge in [0.1, 0.15) is 5.76 Å². The van der Waals surface area contributed by atoms with Gasteiger partial charge in [0.15, 0.2) is 0 Å². The van der Waals surface area contributed by atoms with Crippen LogP contribution in [-0.4, -0.2) is 23.9 Å². The first kappa shape index (κ1) is 13.6. The first-order valence-electron chi connectivity index (χ1n) is 6.92. The van der Waals surface area contributed by atoms with E-state index in [1.165, 1.54) is 5.56 Å². The summed E-state index contributed by atoms with van der Waals surface area (Å²) in [7, 11) is 0. The second kappa shape index (κ2) is 5.85. The van der Waals surface area contributed by atoms with Gasteiger partial charge in [-0.3, -0.25) is 0 Å². The maximum absolute atomic E-state index is 5.71. The lowest BCUT2D eigenvalue weighted by molar-refractivity contribution is -0.00168.